The van der Waals surface area contributed by atoms with Crippen LogP contribution in [0, 0.1) is 6.92 Å². The Balaban J connectivity index is 2.02. The zero-order valence-corrected chi connectivity index (χ0v) is 23.5. The SMILES string of the molecule is CCOc1ccc(C2/C(=C(\O)c3cc(C(C)(C)C)ccc3OC)C(=O)C(=O)N2c2cccc(C)c2)cc1OC. The summed E-state index contributed by atoms with van der Waals surface area (Å²) < 4.78 is 16.8. The Kier molecular flexibility index (Phi) is 7.72. The topological polar surface area (TPSA) is 85.3 Å². The van der Waals surface area contributed by atoms with Gasteiger partial charge in [0.2, 0.25) is 0 Å². The molecule has 1 unspecified atom stereocenters. The number of hydrogen-bond donors (Lipinski definition) is 1. The Bertz CT molecular complexity index is 1450. The summed E-state index contributed by atoms with van der Waals surface area (Å²) in [5, 5.41) is 11.8. The maximum Gasteiger partial charge on any atom is 0.300 e. The molecule has 7 nitrogen and oxygen atoms in total. The molecule has 1 atom stereocenters. The normalized spacial score (nSPS) is 16.9. The highest BCUT2D eigenvalue weighted by Crippen LogP contribution is 2.45. The minimum atomic E-state index is -0.917. The molecule has 0 radical (unpaired) electrons. The van der Waals surface area contributed by atoms with Gasteiger partial charge in [-0.15, -0.1) is 0 Å². The summed E-state index contributed by atoms with van der Waals surface area (Å²) in [6.45, 7) is 10.4. The standard InChI is InChI=1S/C32H35NO6/c1-8-39-25-14-12-20(17-26(25)38-7)28-27(30(35)31(36)33(28)22-11-9-10-19(2)16-22)29(34)23-18-21(32(3,4)5)13-15-24(23)37-6/h9-18,28,34H,8H2,1-7H3/b29-27+. The fraction of sp³-hybridized carbons (Fsp3) is 0.312. The minimum Gasteiger partial charge on any atom is -0.507 e. The van der Waals surface area contributed by atoms with Crippen LogP contribution in [0.1, 0.15) is 56.0 Å². The lowest BCUT2D eigenvalue weighted by molar-refractivity contribution is -0.132. The molecule has 39 heavy (non-hydrogen) atoms. The van der Waals surface area contributed by atoms with Crippen LogP contribution in [0.5, 0.6) is 17.2 Å². The number of aliphatic hydroxyl groups is 1. The molecule has 0 saturated carbocycles. The average molecular weight is 530 g/mol. The lowest BCUT2D eigenvalue weighted by Crippen LogP contribution is -2.29. The highest BCUT2D eigenvalue weighted by Gasteiger charge is 2.47. The highest BCUT2D eigenvalue weighted by atomic mass is 16.5. The molecule has 4 rings (SSSR count). The molecular weight excluding hydrogens is 494 g/mol. The van der Waals surface area contributed by atoms with Crippen molar-refractivity contribution in [3.8, 4) is 17.2 Å². The van der Waals surface area contributed by atoms with Crippen LogP contribution in [0.4, 0.5) is 5.69 Å². The van der Waals surface area contributed by atoms with Crippen molar-refractivity contribution in [1.82, 2.24) is 0 Å². The van der Waals surface area contributed by atoms with Crippen molar-refractivity contribution < 1.29 is 28.9 Å². The van der Waals surface area contributed by atoms with Gasteiger partial charge in [-0.1, -0.05) is 45.0 Å². The van der Waals surface area contributed by atoms with Crippen LogP contribution in [0.3, 0.4) is 0 Å². The number of rotatable bonds is 7. The second kappa shape index (κ2) is 10.8. The van der Waals surface area contributed by atoms with E-state index in [1.54, 1.807) is 30.3 Å². The van der Waals surface area contributed by atoms with Crippen molar-refractivity contribution in [3.63, 3.8) is 0 Å². The molecule has 1 fully saturated rings. The lowest BCUT2D eigenvalue weighted by Gasteiger charge is -2.27. The molecule has 1 heterocycles. The Labute approximate surface area is 229 Å². The third-order valence-electron chi connectivity index (χ3n) is 6.85. The van der Waals surface area contributed by atoms with Gasteiger partial charge in [0.25, 0.3) is 11.7 Å². The van der Waals surface area contributed by atoms with Gasteiger partial charge >= 0.3 is 0 Å². The van der Waals surface area contributed by atoms with E-state index < -0.39 is 17.7 Å². The molecule has 0 bridgehead atoms. The summed E-state index contributed by atoms with van der Waals surface area (Å²) in [6.07, 6.45) is 0. The van der Waals surface area contributed by atoms with Crippen LogP contribution in [-0.2, 0) is 15.0 Å². The number of aryl methyl sites for hydroxylation is 1. The molecule has 204 valence electrons. The van der Waals surface area contributed by atoms with E-state index in [4.69, 9.17) is 14.2 Å². The maximum atomic E-state index is 13.7. The number of Topliss-reactive ketones (excluding diaryl/α,β-unsaturated/α-hetero) is 1. The summed E-state index contributed by atoms with van der Waals surface area (Å²) >= 11 is 0. The largest absolute Gasteiger partial charge is 0.507 e. The molecular formula is C32H35NO6. The number of anilines is 1. The summed E-state index contributed by atoms with van der Waals surface area (Å²) in [6, 6.07) is 17.2. The Hall–Kier alpha value is -4.26. The molecule has 1 saturated heterocycles. The van der Waals surface area contributed by atoms with Gasteiger partial charge in [0.15, 0.2) is 11.5 Å². The van der Waals surface area contributed by atoms with E-state index in [0.29, 0.717) is 40.7 Å². The Morgan fingerprint density at radius 1 is 0.923 bits per heavy atom. The van der Waals surface area contributed by atoms with Crippen LogP contribution >= 0.6 is 0 Å². The van der Waals surface area contributed by atoms with Gasteiger partial charge in [-0.2, -0.15) is 0 Å². The zero-order chi connectivity index (χ0) is 28.5. The number of aliphatic hydroxyl groups excluding tert-OH is 1. The predicted molar refractivity (Wildman–Crippen MR) is 152 cm³/mol. The molecule has 1 N–H and O–H groups in total. The third kappa shape index (κ3) is 5.21. The number of ether oxygens (including phenoxy) is 3. The minimum absolute atomic E-state index is 0.0305. The number of methoxy groups -OCH3 is 2. The highest BCUT2D eigenvalue weighted by molar-refractivity contribution is 6.51. The van der Waals surface area contributed by atoms with Gasteiger partial charge in [-0.05, 0) is 72.4 Å². The first kappa shape index (κ1) is 27.8. The van der Waals surface area contributed by atoms with E-state index >= 15 is 0 Å². The zero-order valence-electron chi connectivity index (χ0n) is 23.5. The van der Waals surface area contributed by atoms with E-state index in [1.807, 2.05) is 44.2 Å². The average Bonchev–Trinajstić information content (AvgIpc) is 3.17. The predicted octanol–water partition coefficient (Wildman–Crippen LogP) is 6.33. The van der Waals surface area contributed by atoms with Crippen molar-refractivity contribution in [2.24, 2.45) is 0 Å². The maximum absolute atomic E-state index is 13.7. The third-order valence-corrected chi connectivity index (χ3v) is 6.85. The molecule has 0 spiro atoms. The monoisotopic (exact) mass is 529 g/mol. The van der Waals surface area contributed by atoms with Gasteiger partial charge in [-0.25, -0.2) is 0 Å². The molecule has 0 aliphatic carbocycles. The van der Waals surface area contributed by atoms with E-state index in [-0.39, 0.29) is 16.7 Å². The van der Waals surface area contributed by atoms with Crippen molar-refractivity contribution in [2.75, 3.05) is 25.7 Å². The van der Waals surface area contributed by atoms with Crippen molar-refractivity contribution in [3.05, 3.63) is 88.5 Å². The molecule has 7 heteroatoms. The number of hydrogen-bond acceptors (Lipinski definition) is 6. The molecule has 3 aromatic carbocycles. The van der Waals surface area contributed by atoms with Gasteiger partial charge in [0.1, 0.15) is 11.5 Å². The molecule has 0 aromatic heterocycles. The number of carbonyl (C=O) groups is 2. The fourth-order valence-corrected chi connectivity index (χ4v) is 4.83. The molecule has 1 aliphatic rings. The van der Waals surface area contributed by atoms with Crippen LogP contribution in [0.15, 0.2) is 66.2 Å². The number of benzene rings is 3. The first-order valence-corrected chi connectivity index (χ1v) is 12.9. The molecule has 1 amide bonds. The fourth-order valence-electron chi connectivity index (χ4n) is 4.83. The lowest BCUT2D eigenvalue weighted by atomic mass is 9.85. The second-order valence-electron chi connectivity index (χ2n) is 10.5. The van der Waals surface area contributed by atoms with Crippen molar-refractivity contribution >= 4 is 23.1 Å². The van der Waals surface area contributed by atoms with Crippen LogP contribution < -0.4 is 19.1 Å². The van der Waals surface area contributed by atoms with Crippen LogP contribution in [0.2, 0.25) is 0 Å². The van der Waals surface area contributed by atoms with Gasteiger partial charge in [0.05, 0.1) is 38.0 Å². The van der Waals surface area contributed by atoms with E-state index in [1.165, 1.54) is 19.1 Å². The first-order valence-electron chi connectivity index (χ1n) is 12.9. The van der Waals surface area contributed by atoms with E-state index in [0.717, 1.165) is 11.1 Å². The smallest absolute Gasteiger partial charge is 0.300 e. The van der Waals surface area contributed by atoms with Gasteiger partial charge < -0.3 is 19.3 Å². The number of nitrogens with zero attached hydrogens (tertiary/aromatic N) is 1. The van der Waals surface area contributed by atoms with Crippen LogP contribution in [0.25, 0.3) is 5.76 Å². The molecule has 1 aliphatic heterocycles. The summed E-state index contributed by atoms with van der Waals surface area (Å²) in [4.78, 5) is 28.7. The quantitative estimate of drug-likeness (QED) is 0.219. The number of carbonyl (C=O) groups excluding carboxylic acids is 2. The Morgan fingerprint density at radius 2 is 1.62 bits per heavy atom. The Morgan fingerprint density at radius 3 is 2.23 bits per heavy atom. The van der Waals surface area contributed by atoms with Crippen molar-refractivity contribution in [1.29, 1.82) is 0 Å². The van der Waals surface area contributed by atoms with E-state index in [9.17, 15) is 14.7 Å². The first-order chi connectivity index (χ1) is 18.5. The summed E-state index contributed by atoms with van der Waals surface area (Å²) in [5.41, 5.74) is 3.09. The number of amides is 1. The molecule has 3 aromatic rings. The van der Waals surface area contributed by atoms with E-state index in [2.05, 4.69) is 20.8 Å². The van der Waals surface area contributed by atoms with Gasteiger partial charge in [-0.3, -0.25) is 14.5 Å². The van der Waals surface area contributed by atoms with Crippen LogP contribution in [-0.4, -0.2) is 37.6 Å². The summed E-state index contributed by atoms with van der Waals surface area (Å²) in [5.74, 6) is -0.428. The second-order valence-corrected chi connectivity index (χ2v) is 10.5. The van der Waals surface area contributed by atoms with Gasteiger partial charge in [0, 0.05) is 5.69 Å². The summed E-state index contributed by atoms with van der Waals surface area (Å²) in [7, 11) is 3.03. The number of ketones is 1. The van der Waals surface area contributed by atoms with Crippen molar-refractivity contribution in [2.45, 2.75) is 46.1 Å².